The topological polar surface area (TPSA) is 15.3 Å². The third-order valence-corrected chi connectivity index (χ3v) is 4.42. The lowest BCUT2D eigenvalue weighted by Crippen LogP contribution is -2.23. The Balaban J connectivity index is 1.89. The molecule has 2 aromatic carbocycles. The molecule has 0 saturated heterocycles. The first-order valence-electron chi connectivity index (χ1n) is 7.84. The molecule has 21 heavy (non-hydrogen) atoms. The normalized spacial score (nSPS) is 18.2. The van der Waals surface area contributed by atoms with Crippen LogP contribution in [0.15, 0.2) is 48.5 Å². The van der Waals surface area contributed by atoms with Crippen LogP contribution in [-0.4, -0.2) is 13.6 Å². The molecule has 0 spiro atoms. The summed E-state index contributed by atoms with van der Waals surface area (Å²) in [6.45, 7) is 4.26. The molecule has 110 valence electrons. The highest BCUT2D eigenvalue weighted by atomic mass is 15.1. The summed E-state index contributed by atoms with van der Waals surface area (Å²) in [5, 5.41) is 3.47. The van der Waals surface area contributed by atoms with Crippen LogP contribution in [0.5, 0.6) is 0 Å². The number of rotatable bonds is 3. The van der Waals surface area contributed by atoms with Crippen LogP contribution in [0.25, 0.3) is 0 Å². The number of nitrogens with zero attached hydrogens (tertiary/aromatic N) is 1. The largest absolute Gasteiger partial charge is 0.367 e. The third-order valence-electron chi connectivity index (χ3n) is 4.42. The lowest BCUT2D eigenvalue weighted by molar-refractivity contribution is 0.541. The van der Waals surface area contributed by atoms with Crippen LogP contribution in [0, 0.1) is 6.92 Å². The Kier molecular flexibility index (Phi) is 4.26. The van der Waals surface area contributed by atoms with Gasteiger partial charge in [-0.25, -0.2) is 0 Å². The lowest BCUT2D eigenvalue weighted by Gasteiger charge is -2.26. The highest BCUT2D eigenvalue weighted by Crippen LogP contribution is 2.33. The van der Waals surface area contributed by atoms with Crippen LogP contribution < -0.4 is 10.2 Å². The number of hydrogen-bond donors (Lipinski definition) is 1. The number of fused-ring (bicyclic) bond motifs is 1. The van der Waals surface area contributed by atoms with Crippen molar-refractivity contribution >= 4 is 5.69 Å². The maximum atomic E-state index is 3.47. The van der Waals surface area contributed by atoms with Crippen LogP contribution in [0.3, 0.4) is 0 Å². The third kappa shape index (κ3) is 3.11. The first kappa shape index (κ1) is 14.2. The summed E-state index contributed by atoms with van der Waals surface area (Å²) in [6, 6.07) is 18.2. The fraction of sp³-hybridized carbons (Fsp3) is 0.368. The van der Waals surface area contributed by atoms with Crippen molar-refractivity contribution in [3.8, 4) is 0 Å². The zero-order valence-electron chi connectivity index (χ0n) is 13.0. The van der Waals surface area contributed by atoms with E-state index in [1.54, 1.807) is 0 Å². The summed E-state index contributed by atoms with van der Waals surface area (Å²) in [5.41, 5.74) is 5.53. The van der Waals surface area contributed by atoms with Gasteiger partial charge in [0.2, 0.25) is 0 Å². The molecule has 1 aliphatic heterocycles. The molecule has 0 bridgehead atoms. The Morgan fingerprint density at radius 3 is 2.62 bits per heavy atom. The van der Waals surface area contributed by atoms with Gasteiger partial charge in [0.05, 0.1) is 0 Å². The van der Waals surface area contributed by atoms with E-state index in [1.807, 2.05) is 0 Å². The van der Waals surface area contributed by atoms with Gasteiger partial charge in [-0.3, -0.25) is 0 Å². The second kappa shape index (κ2) is 6.31. The molecule has 0 radical (unpaired) electrons. The molecule has 0 aromatic heterocycles. The van der Waals surface area contributed by atoms with Crippen LogP contribution in [0.1, 0.15) is 35.6 Å². The maximum Gasteiger partial charge on any atom is 0.0429 e. The summed E-state index contributed by atoms with van der Waals surface area (Å²) in [4.78, 5) is 2.53. The molecule has 1 heterocycles. The lowest BCUT2D eigenvalue weighted by atomic mass is 10.0. The highest BCUT2D eigenvalue weighted by Gasteiger charge is 2.21. The number of hydrogen-bond acceptors (Lipinski definition) is 2. The molecule has 1 N–H and O–H groups in total. The standard InChI is InChI=1S/C19H24N2/c1-15-9-11-16(12-10-15)14-21-13-5-7-18(20-2)17-6-3-4-8-19(17)21/h3-4,6,8-12,18,20H,5,7,13-14H2,1-2H3. The van der Waals surface area contributed by atoms with Gasteiger partial charge < -0.3 is 10.2 Å². The number of benzene rings is 2. The van der Waals surface area contributed by atoms with Crippen molar-refractivity contribution in [2.24, 2.45) is 0 Å². The second-order valence-electron chi connectivity index (χ2n) is 5.95. The fourth-order valence-electron chi connectivity index (χ4n) is 3.21. The SMILES string of the molecule is CNC1CCCN(Cc2ccc(C)cc2)c2ccccc21. The van der Waals surface area contributed by atoms with Crippen LogP contribution in [0.2, 0.25) is 0 Å². The molecule has 2 heteroatoms. The second-order valence-corrected chi connectivity index (χ2v) is 5.95. The average Bonchev–Trinajstić information content (AvgIpc) is 2.69. The van der Waals surface area contributed by atoms with Gasteiger partial charge in [-0.05, 0) is 44.0 Å². The van der Waals surface area contributed by atoms with Crippen molar-refractivity contribution in [1.29, 1.82) is 0 Å². The highest BCUT2D eigenvalue weighted by molar-refractivity contribution is 5.56. The van der Waals surface area contributed by atoms with Gasteiger partial charge in [-0.2, -0.15) is 0 Å². The van der Waals surface area contributed by atoms with E-state index in [1.165, 1.54) is 35.2 Å². The summed E-state index contributed by atoms with van der Waals surface area (Å²) < 4.78 is 0. The minimum atomic E-state index is 0.476. The van der Waals surface area contributed by atoms with E-state index < -0.39 is 0 Å². The van der Waals surface area contributed by atoms with Gasteiger partial charge >= 0.3 is 0 Å². The molecule has 0 aliphatic carbocycles. The van der Waals surface area contributed by atoms with E-state index in [2.05, 4.69) is 72.7 Å². The summed E-state index contributed by atoms with van der Waals surface area (Å²) in [5.74, 6) is 0. The van der Waals surface area contributed by atoms with Gasteiger partial charge in [-0.1, -0.05) is 48.0 Å². The van der Waals surface area contributed by atoms with Crippen molar-refractivity contribution < 1.29 is 0 Å². The number of aryl methyl sites for hydroxylation is 1. The number of nitrogens with one attached hydrogen (secondary N) is 1. The summed E-state index contributed by atoms with van der Waals surface area (Å²) in [6.07, 6.45) is 2.43. The molecular weight excluding hydrogens is 256 g/mol. The van der Waals surface area contributed by atoms with Gasteiger partial charge in [0.1, 0.15) is 0 Å². The van der Waals surface area contributed by atoms with E-state index in [0.29, 0.717) is 6.04 Å². The van der Waals surface area contributed by atoms with Crippen LogP contribution >= 0.6 is 0 Å². The van der Waals surface area contributed by atoms with Crippen LogP contribution in [-0.2, 0) is 6.54 Å². The molecule has 1 atom stereocenters. The molecule has 1 unspecified atom stereocenters. The number of anilines is 1. The molecular formula is C19H24N2. The molecule has 2 nitrogen and oxygen atoms in total. The van der Waals surface area contributed by atoms with Crippen molar-refractivity contribution in [3.05, 3.63) is 65.2 Å². The van der Waals surface area contributed by atoms with Gasteiger partial charge in [-0.15, -0.1) is 0 Å². The van der Waals surface area contributed by atoms with E-state index >= 15 is 0 Å². The smallest absolute Gasteiger partial charge is 0.0429 e. The molecule has 0 amide bonds. The zero-order chi connectivity index (χ0) is 14.7. The molecule has 2 aromatic rings. The monoisotopic (exact) mass is 280 g/mol. The Hall–Kier alpha value is -1.80. The fourth-order valence-corrected chi connectivity index (χ4v) is 3.21. The predicted molar refractivity (Wildman–Crippen MR) is 89.7 cm³/mol. The van der Waals surface area contributed by atoms with Crippen molar-refractivity contribution in [1.82, 2.24) is 5.32 Å². The average molecular weight is 280 g/mol. The Morgan fingerprint density at radius 1 is 1.10 bits per heavy atom. The number of para-hydroxylation sites is 1. The zero-order valence-corrected chi connectivity index (χ0v) is 13.0. The van der Waals surface area contributed by atoms with E-state index in [9.17, 15) is 0 Å². The Bertz CT molecular complexity index is 589. The van der Waals surface area contributed by atoms with Gasteiger partial charge in [0, 0.05) is 24.8 Å². The molecule has 3 rings (SSSR count). The quantitative estimate of drug-likeness (QED) is 0.912. The Labute approximate surface area is 127 Å². The summed E-state index contributed by atoms with van der Waals surface area (Å²) >= 11 is 0. The molecule has 1 aliphatic rings. The first-order chi connectivity index (χ1) is 10.3. The van der Waals surface area contributed by atoms with Crippen molar-refractivity contribution in [2.45, 2.75) is 32.4 Å². The Morgan fingerprint density at radius 2 is 1.86 bits per heavy atom. The van der Waals surface area contributed by atoms with Gasteiger partial charge in [0.15, 0.2) is 0 Å². The van der Waals surface area contributed by atoms with Crippen molar-refractivity contribution in [2.75, 3.05) is 18.5 Å². The summed E-state index contributed by atoms with van der Waals surface area (Å²) in [7, 11) is 2.07. The molecule has 0 fully saturated rings. The van der Waals surface area contributed by atoms with E-state index in [4.69, 9.17) is 0 Å². The maximum absolute atomic E-state index is 3.47. The minimum absolute atomic E-state index is 0.476. The predicted octanol–water partition coefficient (Wildman–Crippen LogP) is 4.06. The first-order valence-corrected chi connectivity index (χ1v) is 7.84. The van der Waals surface area contributed by atoms with E-state index in [0.717, 1.165) is 13.1 Å². The van der Waals surface area contributed by atoms with Gasteiger partial charge in [0.25, 0.3) is 0 Å². The van der Waals surface area contributed by atoms with Crippen LogP contribution in [0.4, 0.5) is 5.69 Å². The van der Waals surface area contributed by atoms with E-state index in [-0.39, 0.29) is 0 Å². The van der Waals surface area contributed by atoms with Crippen molar-refractivity contribution in [3.63, 3.8) is 0 Å². The molecule has 0 saturated carbocycles. The minimum Gasteiger partial charge on any atom is -0.367 e.